The van der Waals surface area contributed by atoms with Crippen LogP contribution in [0.1, 0.15) is 18.2 Å². The molecule has 0 unspecified atom stereocenters. The van der Waals surface area contributed by atoms with E-state index in [-0.39, 0.29) is 27.3 Å². The van der Waals surface area contributed by atoms with Gasteiger partial charge in [0.1, 0.15) is 16.7 Å². The average Bonchev–Trinajstić information content (AvgIpc) is 2.71. The van der Waals surface area contributed by atoms with Gasteiger partial charge in [-0.2, -0.15) is 13.2 Å². The summed E-state index contributed by atoms with van der Waals surface area (Å²) in [7, 11) is 1.05. The maximum atomic E-state index is 14.4. The van der Waals surface area contributed by atoms with Crippen molar-refractivity contribution in [3.8, 4) is 11.1 Å². The lowest BCUT2D eigenvalue weighted by atomic mass is 10.0. The highest BCUT2D eigenvalue weighted by molar-refractivity contribution is 6.40. The number of carboxylic acid groups (broad SMARTS) is 1. The first kappa shape index (κ1) is 20.6. The SMILES string of the molecule is CC(=Cc1cc(-c2c(Cl)c(C(F)(F)F)n(C)c2Cl)c(F)cc1Cl)C(=O)O. The molecule has 140 valence electrons. The Morgan fingerprint density at radius 1 is 1.23 bits per heavy atom. The fraction of sp³-hybridized carbons (Fsp3) is 0.188. The molecule has 26 heavy (non-hydrogen) atoms. The van der Waals surface area contributed by atoms with E-state index in [1.54, 1.807) is 0 Å². The molecular formula is C16H10Cl3F4NO2. The lowest BCUT2D eigenvalue weighted by Crippen LogP contribution is -2.11. The van der Waals surface area contributed by atoms with Crippen LogP contribution in [0.25, 0.3) is 17.2 Å². The van der Waals surface area contributed by atoms with Gasteiger partial charge in [0.05, 0.1) is 10.0 Å². The maximum Gasteiger partial charge on any atom is 0.432 e. The average molecular weight is 431 g/mol. The van der Waals surface area contributed by atoms with Gasteiger partial charge >= 0.3 is 12.1 Å². The molecular weight excluding hydrogens is 421 g/mol. The van der Waals surface area contributed by atoms with Gasteiger partial charge in [-0.15, -0.1) is 0 Å². The minimum atomic E-state index is -4.81. The van der Waals surface area contributed by atoms with E-state index in [9.17, 15) is 22.4 Å². The second kappa shape index (κ2) is 7.13. The second-order valence-corrected chi connectivity index (χ2v) is 6.51. The molecule has 0 atom stereocenters. The smallest absolute Gasteiger partial charge is 0.432 e. The van der Waals surface area contributed by atoms with Crippen LogP contribution in [-0.2, 0) is 18.0 Å². The van der Waals surface area contributed by atoms with Crippen LogP contribution in [0.3, 0.4) is 0 Å². The molecule has 0 aliphatic heterocycles. The van der Waals surface area contributed by atoms with Crippen molar-refractivity contribution in [2.75, 3.05) is 0 Å². The van der Waals surface area contributed by atoms with Crippen molar-refractivity contribution in [1.29, 1.82) is 0 Å². The Bertz CT molecular complexity index is 933. The van der Waals surface area contributed by atoms with Crippen LogP contribution in [-0.4, -0.2) is 15.6 Å². The summed E-state index contributed by atoms with van der Waals surface area (Å²) < 4.78 is 54.5. The van der Waals surface area contributed by atoms with E-state index in [1.165, 1.54) is 6.92 Å². The molecule has 1 aromatic carbocycles. The first-order valence-electron chi connectivity index (χ1n) is 6.88. The summed E-state index contributed by atoms with van der Waals surface area (Å²) in [5.74, 6) is -2.19. The second-order valence-electron chi connectivity index (χ2n) is 5.37. The molecule has 0 amide bonds. The van der Waals surface area contributed by atoms with E-state index >= 15 is 0 Å². The van der Waals surface area contributed by atoms with Crippen molar-refractivity contribution in [3.63, 3.8) is 0 Å². The number of aliphatic carboxylic acids is 1. The minimum absolute atomic E-state index is 0.0903. The van der Waals surface area contributed by atoms with Gasteiger partial charge in [0.15, 0.2) is 0 Å². The largest absolute Gasteiger partial charge is 0.478 e. The first-order valence-corrected chi connectivity index (χ1v) is 8.01. The highest BCUT2D eigenvalue weighted by atomic mass is 35.5. The van der Waals surface area contributed by atoms with E-state index in [2.05, 4.69) is 0 Å². The van der Waals surface area contributed by atoms with Gasteiger partial charge in [-0.3, -0.25) is 0 Å². The molecule has 0 bridgehead atoms. The summed E-state index contributed by atoms with van der Waals surface area (Å²) in [6, 6.07) is 1.95. The summed E-state index contributed by atoms with van der Waals surface area (Å²) in [5.41, 5.74) is -1.94. The van der Waals surface area contributed by atoms with Crippen LogP contribution in [0.4, 0.5) is 17.6 Å². The number of nitrogens with zero attached hydrogens (tertiary/aromatic N) is 1. The lowest BCUT2D eigenvalue weighted by molar-refractivity contribution is -0.143. The number of carboxylic acids is 1. The molecule has 3 nitrogen and oxygen atoms in total. The van der Waals surface area contributed by atoms with Gasteiger partial charge < -0.3 is 9.67 Å². The first-order chi connectivity index (χ1) is 11.9. The molecule has 10 heteroatoms. The number of hydrogen-bond acceptors (Lipinski definition) is 1. The number of rotatable bonds is 3. The Balaban J connectivity index is 2.79. The zero-order chi connectivity index (χ0) is 20.0. The number of aromatic nitrogens is 1. The molecule has 0 fully saturated rings. The highest BCUT2D eigenvalue weighted by Crippen LogP contribution is 2.46. The number of halogens is 7. The Morgan fingerprint density at radius 3 is 2.27 bits per heavy atom. The predicted octanol–water partition coefficient (Wildman–Crippen LogP) is 6.30. The molecule has 1 aromatic heterocycles. The summed E-state index contributed by atoms with van der Waals surface area (Å²) >= 11 is 17.7. The van der Waals surface area contributed by atoms with Gasteiger partial charge in [-0.1, -0.05) is 34.8 Å². The Labute approximate surface area is 160 Å². The van der Waals surface area contributed by atoms with Gasteiger partial charge in [-0.05, 0) is 30.7 Å². The van der Waals surface area contributed by atoms with Gasteiger partial charge in [-0.25, -0.2) is 9.18 Å². The van der Waals surface area contributed by atoms with Crippen LogP contribution in [0.5, 0.6) is 0 Å². The summed E-state index contributed by atoms with van der Waals surface area (Å²) in [5, 5.41) is 7.63. The van der Waals surface area contributed by atoms with E-state index in [4.69, 9.17) is 39.9 Å². The van der Waals surface area contributed by atoms with Gasteiger partial charge in [0.25, 0.3) is 0 Å². The van der Waals surface area contributed by atoms with Gasteiger partial charge in [0.2, 0.25) is 0 Å². The van der Waals surface area contributed by atoms with E-state index in [0.717, 1.165) is 25.3 Å². The molecule has 0 radical (unpaired) electrons. The van der Waals surface area contributed by atoms with Crippen molar-refractivity contribution >= 4 is 46.8 Å². The van der Waals surface area contributed by atoms with Crippen LogP contribution in [0.2, 0.25) is 15.2 Å². The van der Waals surface area contributed by atoms with E-state index < -0.39 is 33.8 Å². The number of hydrogen-bond donors (Lipinski definition) is 1. The quantitative estimate of drug-likeness (QED) is 0.459. The topological polar surface area (TPSA) is 42.2 Å². The third-order valence-corrected chi connectivity index (χ3v) is 4.73. The lowest BCUT2D eigenvalue weighted by Gasteiger charge is -2.08. The fourth-order valence-electron chi connectivity index (χ4n) is 2.33. The van der Waals surface area contributed by atoms with Crippen molar-refractivity contribution in [3.05, 3.63) is 50.0 Å². The molecule has 0 aliphatic rings. The van der Waals surface area contributed by atoms with Crippen molar-refractivity contribution in [2.24, 2.45) is 7.05 Å². The van der Waals surface area contributed by atoms with E-state index in [1.807, 2.05) is 0 Å². The molecule has 0 saturated carbocycles. The number of alkyl halides is 3. The summed E-state index contributed by atoms with van der Waals surface area (Å²) in [4.78, 5) is 10.9. The highest BCUT2D eigenvalue weighted by Gasteiger charge is 2.40. The number of benzene rings is 1. The molecule has 0 spiro atoms. The zero-order valence-electron chi connectivity index (χ0n) is 13.2. The Morgan fingerprint density at radius 2 is 1.81 bits per heavy atom. The normalized spacial score (nSPS) is 12.6. The molecule has 0 saturated heterocycles. The fourth-order valence-corrected chi connectivity index (χ4v) is 3.29. The molecule has 0 aliphatic carbocycles. The zero-order valence-corrected chi connectivity index (χ0v) is 15.4. The molecule has 1 heterocycles. The maximum absolute atomic E-state index is 14.4. The number of carbonyl (C=O) groups is 1. The van der Waals surface area contributed by atoms with Crippen molar-refractivity contribution < 1.29 is 27.5 Å². The van der Waals surface area contributed by atoms with Crippen LogP contribution >= 0.6 is 34.8 Å². The molecule has 2 aromatic rings. The van der Waals surface area contributed by atoms with Crippen molar-refractivity contribution in [2.45, 2.75) is 13.1 Å². The molecule has 1 N–H and O–H groups in total. The third kappa shape index (κ3) is 3.70. The van der Waals surface area contributed by atoms with E-state index in [0.29, 0.717) is 4.57 Å². The van der Waals surface area contributed by atoms with Crippen LogP contribution in [0, 0.1) is 5.82 Å². The standard InChI is InChI=1S/C16H10Cl3F4NO2/c1-6(15(25)26)3-7-4-8(10(20)5-9(7)17)11-12(18)13(16(21,22)23)24(2)14(11)19/h3-5H,1-2H3,(H,25,26). The van der Waals surface area contributed by atoms with Crippen LogP contribution in [0.15, 0.2) is 17.7 Å². The van der Waals surface area contributed by atoms with Crippen LogP contribution < -0.4 is 0 Å². The third-order valence-electron chi connectivity index (χ3n) is 3.60. The monoisotopic (exact) mass is 429 g/mol. The Kier molecular flexibility index (Phi) is 5.66. The predicted molar refractivity (Wildman–Crippen MR) is 92.1 cm³/mol. The summed E-state index contributed by atoms with van der Waals surface area (Å²) in [6.07, 6.45) is -3.65. The Hall–Kier alpha value is -1.70. The van der Waals surface area contributed by atoms with Crippen molar-refractivity contribution in [1.82, 2.24) is 4.57 Å². The summed E-state index contributed by atoms with van der Waals surface area (Å²) in [6.45, 7) is 1.28. The molecule has 2 rings (SSSR count). The van der Waals surface area contributed by atoms with Gasteiger partial charge in [0, 0.05) is 23.7 Å². The minimum Gasteiger partial charge on any atom is -0.478 e.